The van der Waals surface area contributed by atoms with Crippen LogP contribution in [0.1, 0.15) is 15.9 Å². The smallest absolute Gasteiger partial charge is 0.197 e. The fourth-order valence-electron chi connectivity index (χ4n) is 1.94. The Balaban J connectivity index is 2.19. The van der Waals surface area contributed by atoms with Crippen molar-refractivity contribution in [3.63, 3.8) is 0 Å². The quantitative estimate of drug-likeness (QED) is 0.634. The van der Waals surface area contributed by atoms with Gasteiger partial charge in [0.25, 0.3) is 0 Å². The Morgan fingerprint density at radius 1 is 1.11 bits per heavy atom. The van der Waals surface area contributed by atoms with E-state index in [1.54, 1.807) is 18.5 Å². The molecule has 0 aliphatic carbocycles. The summed E-state index contributed by atoms with van der Waals surface area (Å²) in [6, 6.07) is 9.21. The minimum atomic E-state index is -0.155. The summed E-state index contributed by atoms with van der Waals surface area (Å²) >= 11 is 13.1. The normalized spacial score (nSPS) is 10.8. The summed E-state index contributed by atoms with van der Waals surface area (Å²) in [5.74, 6) is -0.155. The number of benzene rings is 1. The van der Waals surface area contributed by atoms with Gasteiger partial charge in [0.15, 0.2) is 5.78 Å². The van der Waals surface area contributed by atoms with Crippen molar-refractivity contribution in [1.29, 1.82) is 0 Å². The Morgan fingerprint density at radius 3 is 2.63 bits per heavy atom. The molecular weight excluding hydrogens is 301 g/mol. The molecule has 0 saturated heterocycles. The zero-order valence-corrected chi connectivity index (χ0v) is 11.9. The van der Waals surface area contributed by atoms with Crippen LogP contribution < -0.4 is 0 Å². The van der Waals surface area contributed by atoms with Crippen LogP contribution in [0.25, 0.3) is 10.8 Å². The fourth-order valence-corrected chi connectivity index (χ4v) is 3.40. The second kappa shape index (κ2) is 4.93. The molecule has 2 heterocycles. The maximum absolute atomic E-state index is 12.5. The molecule has 94 valence electrons. The first-order chi connectivity index (χ1) is 9.16. The van der Waals surface area contributed by atoms with Gasteiger partial charge in [0.2, 0.25) is 0 Å². The summed E-state index contributed by atoms with van der Waals surface area (Å²) in [5, 5.41) is 1.78. The highest BCUT2D eigenvalue weighted by Gasteiger charge is 2.18. The molecule has 2 aromatic heterocycles. The maximum atomic E-state index is 12.5. The summed E-state index contributed by atoms with van der Waals surface area (Å²) < 4.78 is 0.907. The van der Waals surface area contributed by atoms with Crippen molar-refractivity contribution in [2.45, 2.75) is 0 Å². The van der Waals surface area contributed by atoms with E-state index >= 15 is 0 Å². The lowest BCUT2D eigenvalue weighted by Gasteiger charge is -2.04. The number of nitrogens with zero attached hydrogens (tertiary/aromatic N) is 1. The number of halogens is 2. The second-order valence-corrected chi connectivity index (χ2v) is 6.26. The van der Waals surface area contributed by atoms with Crippen LogP contribution in [0.2, 0.25) is 8.67 Å². The van der Waals surface area contributed by atoms with Crippen molar-refractivity contribution in [2.75, 3.05) is 0 Å². The number of hydrogen-bond acceptors (Lipinski definition) is 3. The Bertz CT molecular complexity index is 777. The third-order valence-corrected chi connectivity index (χ3v) is 4.30. The van der Waals surface area contributed by atoms with Gasteiger partial charge in [-0.2, -0.15) is 0 Å². The number of carbonyl (C=O) groups excluding carboxylic acids is 1. The zero-order valence-electron chi connectivity index (χ0n) is 9.56. The average molecular weight is 308 g/mol. The monoisotopic (exact) mass is 307 g/mol. The molecule has 0 fully saturated rings. The topological polar surface area (TPSA) is 30.0 Å². The van der Waals surface area contributed by atoms with Gasteiger partial charge in [-0.3, -0.25) is 9.78 Å². The third kappa shape index (κ3) is 2.25. The Morgan fingerprint density at radius 2 is 1.89 bits per heavy atom. The highest BCUT2D eigenvalue weighted by atomic mass is 35.5. The first-order valence-electron chi connectivity index (χ1n) is 5.49. The van der Waals surface area contributed by atoms with Gasteiger partial charge < -0.3 is 0 Å². The van der Waals surface area contributed by atoms with E-state index in [0.717, 1.165) is 10.8 Å². The lowest BCUT2D eigenvalue weighted by molar-refractivity contribution is 0.104. The Kier molecular flexibility index (Phi) is 3.27. The van der Waals surface area contributed by atoms with Crippen LogP contribution in [0.4, 0.5) is 0 Å². The Labute approximate surface area is 123 Å². The van der Waals surface area contributed by atoms with Gasteiger partial charge in [-0.1, -0.05) is 47.5 Å². The molecule has 0 N–H and O–H groups in total. The van der Waals surface area contributed by atoms with E-state index in [0.29, 0.717) is 19.8 Å². The van der Waals surface area contributed by atoms with Crippen molar-refractivity contribution in [2.24, 2.45) is 0 Å². The molecule has 2 nitrogen and oxygen atoms in total. The van der Waals surface area contributed by atoms with Gasteiger partial charge in [-0.15, -0.1) is 11.3 Å². The molecule has 3 rings (SSSR count). The summed E-state index contributed by atoms with van der Waals surface area (Å²) in [5.41, 5.74) is 0.962. The second-order valence-electron chi connectivity index (χ2n) is 3.98. The van der Waals surface area contributed by atoms with Gasteiger partial charge >= 0.3 is 0 Å². The van der Waals surface area contributed by atoms with Crippen LogP contribution in [-0.2, 0) is 0 Å². The number of thiophene rings is 1. The van der Waals surface area contributed by atoms with Gasteiger partial charge in [-0.05, 0) is 11.5 Å². The van der Waals surface area contributed by atoms with E-state index in [4.69, 9.17) is 23.2 Å². The van der Waals surface area contributed by atoms with Gasteiger partial charge in [0.05, 0.1) is 9.90 Å². The van der Waals surface area contributed by atoms with Gasteiger partial charge in [0.1, 0.15) is 4.34 Å². The molecule has 0 amide bonds. The van der Waals surface area contributed by atoms with Crippen LogP contribution in [-0.4, -0.2) is 10.8 Å². The fraction of sp³-hybridized carbons (Fsp3) is 0. The largest absolute Gasteiger partial charge is 0.288 e. The number of carbonyl (C=O) groups is 1. The number of aromatic nitrogens is 1. The van der Waals surface area contributed by atoms with E-state index in [-0.39, 0.29) is 5.78 Å². The number of fused-ring (bicyclic) bond motifs is 1. The first kappa shape index (κ1) is 12.6. The molecule has 1 aromatic carbocycles. The standard InChI is InChI=1S/C14H7Cl2NOS/c15-12-5-10(14(16)19-12)13(18)11-7-17-6-8-3-1-2-4-9(8)11/h1-7H. The summed E-state index contributed by atoms with van der Waals surface area (Å²) in [6.45, 7) is 0. The number of ketones is 1. The highest BCUT2D eigenvalue weighted by Crippen LogP contribution is 2.33. The average Bonchev–Trinajstić information content (AvgIpc) is 2.76. The Hall–Kier alpha value is -1.42. The SMILES string of the molecule is O=C(c1cc(Cl)sc1Cl)c1cncc2ccccc12. The van der Waals surface area contributed by atoms with Crippen LogP contribution in [0.3, 0.4) is 0 Å². The molecule has 0 radical (unpaired) electrons. The predicted octanol–water partition coefficient (Wildman–Crippen LogP) is 4.83. The van der Waals surface area contributed by atoms with Crippen LogP contribution in [0.5, 0.6) is 0 Å². The molecule has 0 spiro atoms. The van der Waals surface area contributed by atoms with Gasteiger partial charge in [0, 0.05) is 23.3 Å². The number of pyridine rings is 1. The zero-order chi connectivity index (χ0) is 13.4. The van der Waals surface area contributed by atoms with Crippen molar-refractivity contribution in [1.82, 2.24) is 4.98 Å². The lowest BCUT2D eigenvalue weighted by Crippen LogP contribution is -2.02. The summed E-state index contributed by atoms with van der Waals surface area (Å²) in [7, 11) is 0. The summed E-state index contributed by atoms with van der Waals surface area (Å²) in [6.07, 6.45) is 3.29. The number of rotatable bonds is 2. The minimum Gasteiger partial charge on any atom is -0.288 e. The van der Waals surface area contributed by atoms with Crippen molar-refractivity contribution in [3.05, 3.63) is 62.5 Å². The molecule has 3 aromatic rings. The van der Waals surface area contributed by atoms with Crippen molar-refractivity contribution in [3.8, 4) is 0 Å². The lowest BCUT2D eigenvalue weighted by atomic mass is 10.0. The van der Waals surface area contributed by atoms with E-state index in [2.05, 4.69) is 4.98 Å². The maximum Gasteiger partial charge on any atom is 0.197 e. The molecule has 0 unspecified atom stereocenters. The molecule has 0 atom stereocenters. The molecule has 0 aliphatic rings. The minimum absolute atomic E-state index is 0.155. The molecule has 0 aliphatic heterocycles. The third-order valence-electron chi connectivity index (χ3n) is 2.81. The van der Waals surface area contributed by atoms with Crippen LogP contribution >= 0.6 is 34.5 Å². The highest BCUT2D eigenvalue weighted by molar-refractivity contribution is 7.20. The first-order valence-corrected chi connectivity index (χ1v) is 7.06. The molecule has 19 heavy (non-hydrogen) atoms. The van der Waals surface area contributed by atoms with Crippen LogP contribution in [0, 0.1) is 0 Å². The molecular formula is C14H7Cl2NOS. The van der Waals surface area contributed by atoms with Crippen molar-refractivity contribution < 1.29 is 4.79 Å². The van der Waals surface area contributed by atoms with E-state index in [1.165, 1.54) is 11.3 Å². The van der Waals surface area contributed by atoms with Crippen LogP contribution in [0.15, 0.2) is 42.7 Å². The van der Waals surface area contributed by atoms with E-state index in [9.17, 15) is 4.79 Å². The molecule has 0 saturated carbocycles. The molecule has 0 bridgehead atoms. The van der Waals surface area contributed by atoms with E-state index < -0.39 is 0 Å². The van der Waals surface area contributed by atoms with E-state index in [1.807, 2.05) is 24.3 Å². The van der Waals surface area contributed by atoms with Crippen molar-refractivity contribution >= 4 is 51.1 Å². The van der Waals surface area contributed by atoms with Gasteiger partial charge in [-0.25, -0.2) is 0 Å². The number of hydrogen-bond donors (Lipinski definition) is 0. The predicted molar refractivity (Wildman–Crippen MR) is 79.5 cm³/mol. The summed E-state index contributed by atoms with van der Waals surface area (Å²) in [4.78, 5) is 16.6. The molecule has 5 heteroatoms.